The zero-order valence-electron chi connectivity index (χ0n) is 9.58. The Bertz CT molecular complexity index is 315. The zero-order chi connectivity index (χ0) is 11.2. The maximum atomic E-state index is 11.6. The molecular weight excluding hydrogens is 218 g/mol. The van der Waals surface area contributed by atoms with Crippen molar-refractivity contribution >= 4 is 17.1 Å². The Morgan fingerprint density at radius 2 is 2.25 bits per heavy atom. The summed E-state index contributed by atoms with van der Waals surface area (Å²) < 4.78 is 0. The molecule has 1 fully saturated rings. The van der Waals surface area contributed by atoms with E-state index in [9.17, 15) is 4.79 Å². The third-order valence-corrected chi connectivity index (χ3v) is 4.11. The summed E-state index contributed by atoms with van der Waals surface area (Å²) in [5.74, 6) is 0.347. The Balaban J connectivity index is 1.60. The van der Waals surface area contributed by atoms with E-state index in [-0.39, 0.29) is 0 Å². The predicted molar refractivity (Wildman–Crippen MR) is 67.9 cm³/mol. The molecule has 0 bridgehead atoms. The van der Waals surface area contributed by atoms with Gasteiger partial charge in [-0.3, -0.25) is 4.79 Å². The fourth-order valence-corrected chi connectivity index (χ4v) is 2.90. The standard InChI is InChI=1S/C13H19NOS/c15-12(7-8-13-6-3-9-16-13)10-14-11-4-1-2-5-11/h3,6,9,11,14H,1-2,4-5,7-8,10H2. The van der Waals surface area contributed by atoms with Gasteiger partial charge in [-0.25, -0.2) is 0 Å². The molecule has 0 aromatic carbocycles. The zero-order valence-corrected chi connectivity index (χ0v) is 10.4. The number of rotatable bonds is 6. The molecule has 1 N–H and O–H groups in total. The average molecular weight is 237 g/mol. The number of Topliss-reactive ketones (excluding diaryl/α,β-unsaturated/α-hetero) is 1. The maximum Gasteiger partial charge on any atom is 0.146 e. The van der Waals surface area contributed by atoms with Crippen LogP contribution >= 0.6 is 11.3 Å². The predicted octanol–water partition coefficient (Wildman–Crippen LogP) is 2.78. The second-order valence-corrected chi connectivity index (χ2v) is 5.51. The Morgan fingerprint density at radius 1 is 1.44 bits per heavy atom. The van der Waals surface area contributed by atoms with Gasteiger partial charge in [0.2, 0.25) is 0 Å². The van der Waals surface area contributed by atoms with Crippen molar-refractivity contribution in [3.05, 3.63) is 22.4 Å². The summed E-state index contributed by atoms with van der Waals surface area (Å²) in [4.78, 5) is 13.0. The summed E-state index contributed by atoms with van der Waals surface area (Å²) in [6, 6.07) is 4.74. The van der Waals surface area contributed by atoms with Crippen molar-refractivity contribution in [2.45, 2.75) is 44.6 Å². The van der Waals surface area contributed by atoms with Crippen LogP contribution in [0.2, 0.25) is 0 Å². The number of thiophene rings is 1. The van der Waals surface area contributed by atoms with Crippen LogP contribution < -0.4 is 5.32 Å². The van der Waals surface area contributed by atoms with Crippen molar-refractivity contribution < 1.29 is 4.79 Å². The highest BCUT2D eigenvalue weighted by atomic mass is 32.1. The number of aryl methyl sites for hydroxylation is 1. The van der Waals surface area contributed by atoms with Crippen molar-refractivity contribution in [2.24, 2.45) is 0 Å². The van der Waals surface area contributed by atoms with Crippen LogP contribution in [-0.2, 0) is 11.2 Å². The molecular formula is C13H19NOS. The number of nitrogens with one attached hydrogen (secondary N) is 1. The highest BCUT2D eigenvalue weighted by molar-refractivity contribution is 7.09. The van der Waals surface area contributed by atoms with Crippen LogP contribution in [0.5, 0.6) is 0 Å². The average Bonchev–Trinajstić information content (AvgIpc) is 2.96. The van der Waals surface area contributed by atoms with Crippen molar-refractivity contribution in [1.82, 2.24) is 5.32 Å². The third-order valence-electron chi connectivity index (χ3n) is 3.17. The molecule has 16 heavy (non-hydrogen) atoms. The van der Waals surface area contributed by atoms with Crippen molar-refractivity contribution in [2.75, 3.05) is 6.54 Å². The topological polar surface area (TPSA) is 29.1 Å². The number of carbonyl (C=O) groups is 1. The number of carbonyl (C=O) groups excluding carboxylic acids is 1. The second-order valence-electron chi connectivity index (χ2n) is 4.48. The molecule has 2 rings (SSSR count). The molecule has 1 saturated carbocycles. The smallest absolute Gasteiger partial charge is 0.146 e. The summed E-state index contributed by atoms with van der Waals surface area (Å²) in [5.41, 5.74) is 0. The Kier molecular flexibility index (Phi) is 4.55. The second kappa shape index (κ2) is 6.16. The maximum absolute atomic E-state index is 11.6. The van der Waals surface area contributed by atoms with Crippen molar-refractivity contribution in [1.29, 1.82) is 0 Å². The minimum Gasteiger partial charge on any atom is -0.307 e. The molecule has 0 spiro atoms. The van der Waals surface area contributed by atoms with Gasteiger partial charge in [0.1, 0.15) is 5.78 Å². The van der Waals surface area contributed by atoms with E-state index in [1.165, 1.54) is 30.6 Å². The lowest BCUT2D eigenvalue weighted by Crippen LogP contribution is -2.31. The molecule has 0 unspecified atom stereocenters. The van der Waals surface area contributed by atoms with Gasteiger partial charge < -0.3 is 5.32 Å². The van der Waals surface area contributed by atoms with E-state index in [4.69, 9.17) is 0 Å². The normalized spacial score (nSPS) is 16.8. The summed E-state index contributed by atoms with van der Waals surface area (Å²) in [5, 5.41) is 5.43. The molecule has 1 aromatic rings. The van der Waals surface area contributed by atoms with Gasteiger partial charge in [-0.1, -0.05) is 18.9 Å². The molecule has 0 aliphatic heterocycles. The Morgan fingerprint density at radius 3 is 2.94 bits per heavy atom. The highest BCUT2D eigenvalue weighted by Crippen LogP contribution is 2.17. The summed E-state index contributed by atoms with van der Waals surface area (Å²) in [6.45, 7) is 0.566. The third kappa shape index (κ3) is 3.72. The number of hydrogen-bond acceptors (Lipinski definition) is 3. The van der Waals surface area contributed by atoms with E-state index in [2.05, 4.69) is 16.8 Å². The molecule has 1 aliphatic carbocycles. The van der Waals surface area contributed by atoms with Crippen LogP contribution in [0, 0.1) is 0 Å². The van der Waals surface area contributed by atoms with Crippen LogP contribution in [0.1, 0.15) is 37.0 Å². The fraction of sp³-hybridized carbons (Fsp3) is 0.615. The summed E-state index contributed by atoms with van der Waals surface area (Å²) in [7, 11) is 0. The molecule has 2 nitrogen and oxygen atoms in total. The molecule has 1 aliphatic rings. The largest absolute Gasteiger partial charge is 0.307 e. The molecule has 0 amide bonds. The van der Waals surface area contributed by atoms with Gasteiger partial charge >= 0.3 is 0 Å². The highest BCUT2D eigenvalue weighted by Gasteiger charge is 2.15. The molecule has 0 radical (unpaired) electrons. The van der Waals surface area contributed by atoms with E-state index in [0.29, 0.717) is 24.8 Å². The molecule has 0 atom stereocenters. The lowest BCUT2D eigenvalue weighted by molar-refractivity contribution is -0.118. The van der Waals surface area contributed by atoms with E-state index in [1.807, 2.05) is 6.07 Å². The van der Waals surface area contributed by atoms with Crippen LogP contribution in [0.25, 0.3) is 0 Å². The fourth-order valence-electron chi connectivity index (χ4n) is 2.19. The quantitative estimate of drug-likeness (QED) is 0.824. The first-order chi connectivity index (χ1) is 7.84. The van der Waals surface area contributed by atoms with Gasteiger partial charge in [0.15, 0.2) is 0 Å². The monoisotopic (exact) mass is 237 g/mol. The van der Waals surface area contributed by atoms with Crippen molar-refractivity contribution in [3.63, 3.8) is 0 Å². The first kappa shape index (κ1) is 11.8. The van der Waals surface area contributed by atoms with E-state index in [1.54, 1.807) is 11.3 Å². The molecule has 0 saturated heterocycles. The first-order valence-electron chi connectivity index (χ1n) is 6.12. The minimum atomic E-state index is 0.347. The van der Waals surface area contributed by atoms with Gasteiger partial charge in [0.25, 0.3) is 0 Å². The number of ketones is 1. The summed E-state index contributed by atoms with van der Waals surface area (Å²) in [6.07, 6.45) is 6.72. The molecule has 1 aromatic heterocycles. The first-order valence-corrected chi connectivity index (χ1v) is 7.00. The van der Waals surface area contributed by atoms with Crippen LogP contribution in [0.3, 0.4) is 0 Å². The lowest BCUT2D eigenvalue weighted by atomic mass is 10.2. The van der Waals surface area contributed by atoms with E-state index >= 15 is 0 Å². The number of hydrogen-bond donors (Lipinski definition) is 1. The molecule has 88 valence electrons. The van der Waals surface area contributed by atoms with Gasteiger partial charge in [-0.05, 0) is 30.7 Å². The van der Waals surface area contributed by atoms with E-state index < -0.39 is 0 Å². The lowest BCUT2D eigenvalue weighted by Gasteiger charge is -2.10. The summed E-state index contributed by atoms with van der Waals surface area (Å²) >= 11 is 1.74. The van der Waals surface area contributed by atoms with Gasteiger partial charge in [-0.2, -0.15) is 0 Å². The SMILES string of the molecule is O=C(CCc1cccs1)CNC1CCCC1. The Hall–Kier alpha value is -0.670. The van der Waals surface area contributed by atoms with Gasteiger partial charge in [-0.15, -0.1) is 11.3 Å². The molecule has 3 heteroatoms. The van der Waals surface area contributed by atoms with Crippen LogP contribution in [-0.4, -0.2) is 18.4 Å². The van der Waals surface area contributed by atoms with Gasteiger partial charge in [0, 0.05) is 17.3 Å². The van der Waals surface area contributed by atoms with Gasteiger partial charge in [0.05, 0.1) is 6.54 Å². The van der Waals surface area contributed by atoms with Crippen LogP contribution in [0.15, 0.2) is 17.5 Å². The minimum absolute atomic E-state index is 0.347. The van der Waals surface area contributed by atoms with Crippen molar-refractivity contribution in [3.8, 4) is 0 Å². The van der Waals surface area contributed by atoms with E-state index in [0.717, 1.165) is 6.42 Å². The molecule has 1 heterocycles. The van der Waals surface area contributed by atoms with Crippen LogP contribution in [0.4, 0.5) is 0 Å². The Labute approximate surface area is 101 Å².